The summed E-state index contributed by atoms with van der Waals surface area (Å²) in [6.45, 7) is -0.0987. The first-order chi connectivity index (χ1) is 11.7. The topological polar surface area (TPSA) is 91.8 Å². The predicted molar refractivity (Wildman–Crippen MR) is 81.1 cm³/mol. The summed E-state index contributed by atoms with van der Waals surface area (Å²) in [6.07, 6.45) is 1.52. The second-order valence-electron chi connectivity index (χ2n) is 4.77. The van der Waals surface area contributed by atoms with Crippen molar-refractivity contribution in [3.05, 3.63) is 65.5 Å². The number of rotatable bonds is 5. The van der Waals surface area contributed by atoms with E-state index in [1.54, 1.807) is 30.3 Å². The lowest BCUT2D eigenvalue weighted by Gasteiger charge is -2.07. The van der Waals surface area contributed by atoms with E-state index in [-0.39, 0.29) is 17.7 Å². The van der Waals surface area contributed by atoms with Crippen molar-refractivity contribution in [3.8, 4) is 11.5 Å². The van der Waals surface area contributed by atoms with E-state index >= 15 is 0 Å². The van der Waals surface area contributed by atoms with Crippen molar-refractivity contribution in [1.82, 2.24) is 5.16 Å². The van der Waals surface area contributed by atoms with Gasteiger partial charge in [0.05, 0.1) is 24.5 Å². The number of carbonyl (C=O) groups is 2. The van der Waals surface area contributed by atoms with E-state index in [0.29, 0.717) is 17.2 Å². The van der Waals surface area contributed by atoms with Gasteiger partial charge in [-0.05, 0) is 24.3 Å². The molecule has 0 spiro atoms. The minimum atomic E-state index is -0.654. The normalized spacial score (nSPS) is 10.4. The van der Waals surface area contributed by atoms with Crippen LogP contribution in [0.25, 0.3) is 11.5 Å². The fraction of sp³-hybridized carbons (Fsp3) is 0.118. The van der Waals surface area contributed by atoms with E-state index in [2.05, 4.69) is 9.89 Å². The number of methoxy groups -OCH3 is 1. The fourth-order valence-corrected chi connectivity index (χ4v) is 2.08. The summed E-state index contributed by atoms with van der Waals surface area (Å²) in [7, 11) is 1.25. The van der Waals surface area contributed by atoms with Gasteiger partial charge in [0.25, 0.3) is 0 Å². The predicted octanol–water partition coefficient (Wildman–Crippen LogP) is 3.08. The molecule has 0 bridgehead atoms. The number of carbonyl (C=O) groups excluding carboxylic acids is 2. The average molecular weight is 327 g/mol. The van der Waals surface area contributed by atoms with Crippen molar-refractivity contribution < 1.29 is 28.0 Å². The Balaban J connectivity index is 1.69. The molecule has 3 rings (SSSR count). The average Bonchev–Trinajstić information content (AvgIpc) is 3.30. The van der Waals surface area contributed by atoms with Crippen LogP contribution in [0.4, 0.5) is 0 Å². The second kappa shape index (κ2) is 6.82. The number of esters is 2. The van der Waals surface area contributed by atoms with Crippen molar-refractivity contribution in [2.75, 3.05) is 7.11 Å². The molecule has 0 atom stereocenters. The van der Waals surface area contributed by atoms with E-state index in [1.807, 2.05) is 0 Å². The van der Waals surface area contributed by atoms with E-state index < -0.39 is 11.9 Å². The SMILES string of the molecule is COC(=O)c1ccccc1C(=O)OCc1cc(-c2ccco2)on1. The van der Waals surface area contributed by atoms with Gasteiger partial charge in [0.1, 0.15) is 12.3 Å². The highest BCUT2D eigenvalue weighted by atomic mass is 16.5. The Kier molecular flexibility index (Phi) is 4.42. The molecule has 7 nitrogen and oxygen atoms in total. The Bertz CT molecular complexity index is 850. The first-order valence-electron chi connectivity index (χ1n) is 7.03. The van der Waals surface area contributed by atoms with Gasteiger partial charge in [0.2, 0.25) is 5.76 Å². The summed E-state index contributed by atoms with van der Waals surface area (Å²) >= 11 is 0. The number of nitrogens with zero attached hydrogens (tertiary/aromatic N) is 1. The van der Waals surface area contributed by atoms with Crippen LogP contribution in [0.2, 0.25) is 0 Å². The lowest BCUT2D eigenvalue weighted by atomic mass is 10.1. The van der Waals surface area contributed by atoms with Gasteiger partial charge >= 0.3 is 11.9 Å². The van der Waals surface area contributed by atoms with Gasteiger partial charge in [-0.1, -0.05) is 17.3 Å². The zero-order valence-corrected chi connectivity index (χ0v) is 12.7. The van der Waals surface area contributed by atoms with Crippen molar-refractivity contribution in [2.45, 2.75) is 6.61 Å². The summed E-state index contributed by atoms with van der Waals surface area (Å²) in [5.41, 5.74) is 0.686. The van der Waals surface area contributed by atoms with Gasteiger partial charge in [-0.15, -0.1) is 0 Å². The zero-order valence-electron chi connectivity index (χ0n) is 12.7. The molecule has 0 aliphatic rings. The van der Waals surface area contributed by atoms with Crippen LogP contribution < -0.4 is 0 Å². The molecule has 24 heavy (non-hydrogen) atoms. The molecule has 0 fully saturated rings. The molecule has 0 aliphatic heterocycles. The monoisotopic (exact) mass is 327 g/mol. The largest absolute Gasteiger partial charge is 0.465 e. The molecule has 0 saturated heterocycles. The molecule has 7 heteroatoms. The first-order valence-corrected chi connectivity index (χ1v) is 7.03. The fourth-order valence-electron chi connectivity index (χ4n) is 2.08. The molecule has 122 valence electrons. The molecule has 3 aromatic rings. The minimum Gasteiger partial charge on any atom is -0.465 e. The number of ether oxygens (including phenoxy) is 2. The van der Waals surface area contributed by atoms with E-state index in [1.165, 1.54) is 25.5 Å². The highest BCUT2D eigenvalue weighted by molar-refractivity contribution is 6.03. The van der Waals surface area contributed by atoms with Crippen LogP contribution in [0.1, 0.15) is 26.4 Å². The second-order valence-corrected chi connectivity index (χ2v) is 4.77. The third-order valence-electron chi connectivity index (χ3n) is 3.23. The van der Waals surface area contributed by atoms with E-state index in [0.717, 1.165) is 0 Å². The van der Waals surface area contributed by atoms with Gasteiger partial charge < -0.3 is 18.4 Å². The summed E-state index contributed by atoms with van der Waals surface area (Å²) in [4.78, 5) is 23.9. The molecule has 0 saturated carbocycles. The third kappa shape index (κ3) is 3.19. The molecule has 0 unspecified atom stereocenters. The highest BCUT2D eigenvalue weighted by Crippen LogP contribution is 2.21. The maximum absolute atomic E-state index is 12.2. The molecule has 0 N–H and O–H groups in total. The van der Waals surface area contributed by atoms with Crippen LogP contribution in [0.15, 0.2) is 57.7 Å². The maximum Gasteiger partial charge on any atom is 0.339 e. The number of benzene rings is 1. The van der Waals surface area contributed by atoms with E-state index in [4.69, 9.17) is 13.7 Å². The van der Waals surface area contributed by atoms with Crippen LogP contribution in [0.3, 0.4) is 0 Å². The molecular formula is C17H13NO6. The van der Waals surface area contributed by atoms with Gasteiger partial charge in [0, 0.05) is 6.07 Å². The summed E-state index contributed by atoms with van der Waals surface area (Å²) in [6, 6.07) is 11.3. The number of hydrogen-bond acceptors (Lipinski definition) is 7. The summed E-state index contributed by atoms with van der Waals surface area (Å²) in [5.74, 6) is -0.306. The zero-order chi connectivity index (χ0) is 16.9. The lowest BCUT2D eigenvalue weighted by molar-refractivity contribution is 0.0450. The molecule has 0 aliphatic carbocycles. The number of furan rings is 1. The van der Waals surface area contributed by atoms with E-state index in [9.17, 15) is 9.59 Å². The minimum absolute atomic E-state index is 0.0987. The van der Waals surface area contributed by atoms with Crippen LogP contribution in [0, 0.1) is 0 Å². The summed E-state index contributed by atoms with van der Waals surface area (Å²) < 4.78 is 20.1. The lowest BCUT2D eigenvalue weighted by Crippen LogP contribution is -2.12. The Labute approximate surface area is 136 Å². The van der Waals surface area contributed by atoms with Crippen LogP contribution in [0.5, 0.6) is 0 Å². The third-order valence-corrected chi connectivity index (χ3v) is 3.23. The smallest absolute Gasteiger partial charge is 0.339 e. The van der Waals surface area contributed by atoms with Gasteiger partial charge in [0.15, 0.2) is 5.76 Å². The first kappa shape index (κ1) is 15.5. The number of aromatic nitrogens is 1. The quantitative estimate of drug-likeness (QED) is 0.665. The van der Waals surface area contributed by atoms with Crippen molar-refractivity contribution in [1.29, 1.82) is 0 Å². The molecule has 2 aromatic heterocycles. The molecule has 0 radical (unpaired) electrons. The van der Waals surface area contributed by atoms with Crippen LogP contribution >= 0.6 is 0 Å². The Morgan fingerprint density at radius 2 is 1.79 bits per heavy atom. The van der Waals surface area contributed by atoms with Crippen molar-refractivity contribution in [2.24, 2.45) is 0 Å². The Morgan fingerprint density at radius 3 is 2.46 bits per heavy atom. The highest BCUT2D eigenvalue weighted by Gasteiger charge is 2.19. The number of hydrogen-bond donors (Lipinski definition) is 0. The maximum atomic E-state index is 12.2. The van der Waals surface area contributed by atoms with Gasteiger partial charge in [-0.3, -0.25) is 0 Å². The van der Waals surface area contributed by atoms with Crippen LogP contribution in [-0.4, -0.2) is 24.2 Å². The Morgan fingerprint density at radius 1 is 1.04 bits per heavy atom. The van der Waals surface area contributed by atoms with Crippen LogP contribution in [-0.2, 0) is 16.1 Å². The standard InChI is InChI=1S/C17H13NO6/c1-21-16(19)12-5-2-3-6-13(12)17(20)23-10-11-9-15(24-18-11)14-7-4-8-22-14/h2-9H,10H2,1H3. The summed E-state index contributed by atoms with van der Waals surface area (Å²) in [5, 5.41) is 3.81. The van der Waals surface area contributed by atoms with Crippen molar-refractivity contribution >= 4 is 11.9 Å². The van der Waals surface area contributed by atoms with Gasteiger partial charge in [-0.2, -0.15) is 0 Å². The molecule has 0 amide bonds. The Hall–Kier alpha value is -3.35. The molecule has 1 aromatic carbocycles. The van der Waals surface area contributed by atoms with Gasteiger partial charge in [-0.25, -0.2) is 9.59 Å². The molecular weight excluding hydrogens is 314 g/mol. The van der Waals surface area contributed by atoms with Crippen molar-refractivity contribution in [3.63, 3.8) is 0 Å². The molecule has 2 heterocycles.